The molecule has 0 aliphatic carbocycles. The van der Waals surface area contributed by atoms with E-state index in [1.54, 1.807) is 6.33 Å². The Morgan fingerprint density at radius 1 is 1.19 bits per heavy atom. The Bertz CT molecular complexity index is 1050. The van der Waals surface area contributed by atoms with E-state index in [9.17, 15) is 4.79 Å². The zero-order valence-electron chi connectivity index (χ0n) is 18.1. The molecule has 1 N–H and O–H groups in total. The molecule has 1 amide bonds. The number of hydrogen-bond acceptors (Lipinski definition) is 5. The van der Waals surface area contributed by atoms with Crippen LogP contribution in [0, 0.1) is 0 Å². The van der Waals surface area contributed by atoms with Crippen LogP contribution < -0.4 is 5.32 Å². The van der Waals surface area contributed by atoms with Crippen LogP contribution in [0.3, 0.4) is 0 Å². The molecule has 6 nitrogen and oxygen atoms in total. The highest BCUT2D eigenvalue weighted by Gasteiger charge is 2.34. The lowest BCUT2D eigenvalue weighted by atomic mass is 9.74. The number of nitrogens with one attached hydrogen (secondary N) is 1. The molecule has 0 saturated carbocycles. The summed E-state index contributed by atoms with van der Waals surface area (Å²) in [5.41, 5.74) is 3.31. The van der Waals surface area contributed by atoms with Crippen LogP contribution in [0.25, 0.3) is 5.69 Å². The summed E-state index contributed by atoms with van der Waals surface area (Å²) in [5, 5.41) is 12.9. The van der Waals surface area contributed by atoms with Gasteiger partial charge in [-0.1, -0.05) is 60.6 Å². The molecule has 0 atom stereocenters. The summed E-state index contributed by atoms with van der Waals surface area (Å²) < 4.78 is 7.54. The molecule has 2 heterocycles. The Labute approximate surface area is 197 Å². The van der Waals surface area contributed by atoms with Gasteiger partial charge in [0.2, 0.25) is 5.91 Å². The van der Waals surface area contributed by atoms with Crippen LogP contribution in [-0.4, -0.2) is 46.2 Å². The minimum absolute atomic E-state index is 0.0202. The molecular weight excluding hydrogens is 444 g/mol. The molecule has 3 aromatic rings. The summed E-state index contributed by atoms with van der Waals surface area (Å²) in [6.07, 6.45) is 4.34. The first-order chi connectivity index (χ1) is 15.6. The maximum absolute atomic E-state index is 12.7. The average molecular weight is 471 g/mol. The molecule has 1 aromatic heterocycles. The van der Waals surface area contributed by atoms with Crippen molar-refractivity contribution in [2.45, 2.75) is 36.8 Å². The molecule has 168 valence electrons. The number of carbonyl (C=O) groups is 1. The number of amides is 1. The molecule has 0 bridgehead atoms. The Kier molecular flexibility index (Phi) is 7.50. The van der Waals surface area contributed by atoms with Gasteiger partial charge in [-0.3, -0.25) is 9.36 Å². The van der Waals surface area contributed by atoms with E-state index >= 15 is 0 Å². The van der Waals surface area contributed by atoms with E-state index in [1.165, 1.54) is 22.9 Å². The van der Waals surface area contributed by atoms with Crippen molar-refractivity contribution in [2.24, 2.45) is 0 Å². The van der Waals surface area contributed by atoms with E-state index in [4.69, 9.17) is 16.3 Å². The van der Waals surface area contributed by atoms with Gasteiger partial charge >= 0.3 is 0 Å². The number of ether oxygens (including phenoxy) is 1. The number of aryl methyl sites for hydroxylation is 1. The number of thioether (sulfide) groups is 1. The van der Waals surface area contributed by atoms with Gasteiger partial charge in [0.05, 0.1) is 11.4 Å². The van der Waals surface area contributed by atoms with Gasteiger partial charge < -0.3 is 10.1 Å². The quantitative estimate of drug-likeness (QED) is 0.493. The van der Waals surface area contributed by atoms with E-state index < -0.39 is 0 Å². The first-order valence-corrected chi connectivity index (χ1v) is 12.2. The topological polar surface area (TPSA) is 69.0 Å². The zero-order valence-corrected chi connectivity index (χ0v) is 19.7. The number of benzene rings is 2. The van der Waals surface area contributed by atoms with E-state index in [0.29, 0.717) is 29.9 Å². The molecule has 32 heavy (non-hydrogen) atoms. The van der Waals surface area contributed by atoms with Crippen LogP contribution in [0.5, 0.6) is 0 Å². The predicted octanol–water partition coefficient (Wildman–Crippen LogP) is 4.44. The summed E-state index contributed by atoms with van der Waals surface area (Å²) in [6.45, 7) is 4.07. The molecule has 1 fully saturated rings. The highest BCUT2D eigenvalue weighted by atomic mass is 35.5. The maximum Gasteiger partial charge on any atom is 0.230 e. The van der Waals surface area contributed by atoms with Crippen LogP contribution in [0.2, 0.25) is 5.02 Å². The predicted molar refractivity (Wildman–Crippen MR) is 128 cm³/mol. The molecule has 0 unspecified atom stereocenters. The number of aromatic nitrogens is 3. The van der Waals surface area contributed by atoms with Crippen molar-refractivity contribution in [2.75, 3.05) is 25.5 Å². The third kappa shape index (κ3) is 5.17. The molecule has 1 saturated heterocycles. The summed E-state index contributed by atoms with van der Waals surface area (Å²) >= 11 is 7.47. The second-order valence-electron chi connectivity index (χ2n) is 7.93. The molecule has 1 aliphatic heterocycles. The summed E-state index contributed by atoms with van der Waals surface area (Å²) in [6, 6.07) is 16.1. The van der Waals surface area contributed by atoms with Gasteiger partial charge in [-0.05, 0) is 48.6 Å². The van der Waals surface area contributed by atoms with Crippen molar-refractivity contribution in [1.82, 2.24) is 20.1 Å². The monoisotopic (exact) mass is 470 g/mol. The fourth-order valence-electron chi connectivity index (χ4n) is 4.11. The molecule has 0 radical (unpaired) electrons. The molecular formula is C24H27ClN4O2S. The van der Waals surface area contributed by atoms with Gasteiger partial charge in [-0.15, -0.1) is 10.2 Å². The lowest BCUT2D eigenvalue weighted by Gasteiger charge is -2.38. The fraction of sp³-hybridized carbons (Fsp3) is 0.375. The van der Waals surface area contributed by atoms with Crippen molar-refractivity contribution in [3.05, 3.63) is 71.0 Å². The normalized spacial score (nSPS) is 15.4. The summed E-state index contributed by atoms with van der Waals surface area (Å²) in [7, 11) is 0. The zero-order chi connectivity index (χ0) is 22.4. The lowest BCUT2D eigenvalue weighted by Crippen LogP contribution is -2.45. The van der Waals surface area contributed by atoms with Gasteiger partial charge in [0.25, 0.3) is 0 Å². The molecule has 2 aromatic carbocycles. The fourth-order valence-corrected chi connectivity index (χ4v) is 4.99. The number of carbonyl (C=O) groups excluding carboxylic acids is 1. The number of nitrogens with zero attached hydrogens (tertiary/aromatic N) is 3. The van der Waals surface area contributed by atoms with Gasteiger partial charge in [-0.25, -0.2) is 0 Å². The number of hydrogen-bond donors (Lipinski definition) is 1. The van der Waals surface area contributed by atoms with Gasteiger partial charge in [-0.2, -0.15) is 0 Å². The van der Waals surface area contributed by atoms with Crippen molar-refractivity contribution in [3.8, 4) is 5.69 Å². The van der Waals surface area contributed by atoms with Crippen molar-refractivity contribution < 1.29 is 9.53 Å². The van der Waals surface area contributed by atoms with Gasteiger partial charge in [0.1, 0.15) is 6.33 Å². The third-order valence-electron chi connectivity index (χ3n) is 6.01. The van der Waals surface area contributed by atoms with Crippen molar-refractivity contribution in [1.29, 1.82) is 0 Å². The Balaban J connectivity index is 1.40. The average Bonchev–Trinajstić information content (AvgIpc) is 3.31. The molecule has 0 spiro atoms. The SMILES string of the molecule is CCc1ccccc1-n1cnnc1SCC(=O)NCC1(c2ccc(Cl)cc2)CCOCC1. The Morgan fingerprint density at radius 3 is 2.69 bits per heavy atom. The standard InChI is InChI=1S/C24H27ClN4O2S/c1-2-18-5-3-4-6-21(18)29-17-27-28-23(29)32-15-22(30)26-16-24(11-13-31-14-12-24)19-7-9-20(25)10-8-19/h3-10,17H,2,11-16H2,1H3,(H,26,30). The minimum Gasteiger partial charge on any atom is -0.381 e. The number of para-hydroxylation sites is 1. The van der Waals surface area contributed by atoms with Crippen molar-refractivity contribution in [3.63, 3.8) is 0 Å². The van der Waals surface area contributed by atoms with Crippen molar-refractivity contribution >= 4 is 29.3 Å². The largest absolute Gasteiger partial charge is 0.381 e. The summed E-state index contributed by atoms with van der Waals surface area (Å²) in [4.78, 5) is 12.7. The number of rotatable bonds is 8. The van der Waals surface area contributed by atoms with Crippen LogP contribution in [0.1, 0.15) is 30.9 Å². The maximum atomic E-state index is 12.7. The van der Waals surface area contributed by atoms with Crippen LogP contribution in [0.15, 0.2) is 60.0 Å². The van der Waals surface area contributed by atoms with E-state index in [2.05, 4.69) is 40.6 Å². The second-order valence-corrected chi connectivity index (χ2v) is 9.31. The Morgan fingerprint density at radius 2 is 1.94 bits per heavy atom. The van der Waals surface area contributed by atoms with Crippen LogP contribution in [-0.2, 0) is 21.4 Å². The Hall–Kier alpha value is -2.35. The minimum atomic E-state index is -0.136. The second kappa shape index (κ2) is 10.5. The lowest BCUT2D eigenvalue weighted by molar-refractivity contribution is -0.119. The first kappa shape index (κ1) is 22.8. The van der Waals surface area contributed by atoms with E-state index in [0.717, 1.165) is 24.9 Å². The number of halogens is 1. The van der Waals surface area contributed by atoms with Crippen LogP contribution in [0.4, 0.5) is 0 Å². The van der Waals surface area contributed by atoms with E-state index in [1.807, 2.05) is 34.9 Å². The van der Waals surface area contributed by atoms with Crippen LogP contribution >= 0.6 is 23.4 Å². The van der Waals surface area contributed by atoms with Gasteiger partial charge in [0.15, 0.2) is 5.16 Å². The molecule has 1 aliphatic rings. The highest BCUT2D eigenvalue weighted by molar-refractivity contribution is 7.99. The van der Waals surface area contributed by atoms with Gasteiger partial charge in [0, 0.05) is 30.2 Å². The smallest absolute Gasteiger partial charge is 0.230 e. The van der Waals surface area contributed by atoms with E-state index in [-0.39, 0.29) is 17.1 Å². The third-order valence-corrected chi connectivity index (χ3v) is 7.21. The summed E-state index contributed by atoms with van der Waals surface area (Å²) in [5.74, 6) is 0.258. The molecule has 8 heteroatoms. The molecule has 4 rings (SSSR count). The highest BCUT2D eigenvalue weighted by Crippen LogP contribution is 2.35. The first-order valence-electron chi connectivity index (χ1n) is 10.8.